The quantitative estimate of drug-likeness (QED) is 0.301. The van der Waals surface area contributed by atoms with Crippen molar-refractivity contribution in [2.45, 2.75) is 91.5 Å². The molecule has 0 N–H and O–H groups in total. The van der Waals surface area contributed by atoms with Crippen LogP contribution in [0.5, 0.6) is 0 Å². The predicted molar refractivity (Wildman–Crippen MR) is 131 cm³/mol. The van der Waals surface area contributed by atoms with Crippen molar-refractivity contribution in [3.8, 4) is 0 Å². The number of nitrogens with zero attached hydrogens (tertiary/aromatic N) is 1. The molecule has 0 aromatic heterocycles. The largest absolute Gasteiger partial charge is 0.333 e. The van der Waals surface area contributed by atoms with Crippen molar-refractivity contribution in [2.24, 2.45) is 0 Å². The van der Waals surface area contributed by atoms with Gasteiger partial charge in [0.25, 0.3) is 0 Å². The first-order valence-electron chi connectivity index (χ1n) is 11.4. The lowest BCUT2D eigenvalue weighted by molar-refractivity contribution is -0.849. The Kier molecular flexibility index (Phi) is 13.3. The minimum absolute atomic E-state index is 0.954. The maximum absolute atomic E-state index is 2.63. The molecular weight excluding hydrogens is 341 g/mol. The van der Waals surface area contributed by atoms with Crippen molar-refractivity contribution < 1.29 is 4.48 Å². The zero-order valence-corrected chi connectivity index (χ0v) is 21.2. The standard InChI is InChI=1S/C20H37BSi.C4H12N/c1-6-9-14-19-15-12-13-16-20(19)22(4,5)21(17-10-7-2)18-11-8-3;1-5(2,3)4/h12-13,15-16H,6-11,14,17-18H2,1-5H3;1-4H3/q;+1. The van der Waals surface area contributed by atoms with E-state index in [1.807, 2.05) is 0 Å². The highest BCUT2D eigenvalue weighted by Crippen LogP contribution is 2.22. The van der Waals surface area contributed by atoms with E-state index in [4.69, 9.17) is 0 Å². The molecule has 0 saturated heterocycles. The van der Waals surface area contributed by atoms with Gasteiger partial charge < -0.3 is 4.48 Å². The average Bonchev–Trinajstić information content (AvgIpc) is 2.58. The summed E-state index contributed by atoms with van der Waals surface area (Å²) >= 11 is 0. The summed E-state index contributed by atoms with van der Waals surface area (Å²) in [6.07, 6.45) is 13.2. The van der Waals surface area contributed by atoms with Gasteiger partial charge >= 0.3 is 0 Å². The Morgan fingerprint density at radius 2 is 1.22 bits per heavy atom. The van der Waals surface area contributed by atoms with E-state index in [0.717, 1.165) is 10.8 Å². The van der Waals surface area contributed by atoms with Crippen molar-refractivity contribution in [1.82, 2.24) is 0 Å². The predicted octanol–water partition coefficient (Wildman–Crippen LogP) is 6.44. The number of quaternary nitrogens is 1. The molecule has 0 spiro atoms. The van der Waals surface area contributed by atoms with E-state index in [1.54, 1.807) is 10.8 Å². The van der Waals surface area contributed by atoms with Crippen LogP contribution in [0, 0.1) is 0 Å². The Bertz CT molecular complexity index is 479. The second-order valence-electron chi connectivity index (χ2n) is 10.1. The highest BCUT2D eigenvalue weighted by molar-refractivity contribution is 7.38. The molecule has 27 heavy (non-hydrogen) atoms. The number of hydrogen-bond acceptors (Lipinski definition) is 0. The van der Waals surface area contributed by atoms with E-state index < -0.39 is 7.94 Å². The van der Waals surface area contributed by atoms with Crippen LogP contribution in [0.15, 0.2) is 24.3 Å². The molecule has 3 heteroatoms. The average molecular weight is 391 g/mol. The maximum Gasteiger partial charge on any atom is 0.139 e. The van der Waals surface area contributed by atoms with Gasteiger partial charge in [-0.3, -0.25) is 0 Å². The summed E-state index contributed by atoms with van der Waals surface area (Å²) in [6, 6.07) is 9.38. The molecular formula is C24H49BNSi+. The summed E-state index contributed by atoms with van der Waals surface area (Å²) in [6.45, 7) is 12.2. The molecule has 1 rings (SSSR count). The van der Waals surface area contributed by atoms with Gasteiger partial charge in [0, 0.05) is 0 Å². The van der Waals surface area contributed by atoms with Crippen LogP contribution in [0.4, 0.5) is 0 Å². The first kappa shape index (κ1) is 26.5. The van der Waals surface area contributed by atoms with Crippen LogP contribution in [0.3, 0.4) is 0 Å². The first-order chi connectivity index (χ1) is 12.6. The summed E-state index contributed by atoms with van der Waals surface area (Å²) in [5, 5.41) is 1.75. The van der Waals surface area contributed by atoms with Crippen LogP contribution in [-0.2, 0) is 6.42 Å². The van der Waals surface area contributed by atoms with E-state index in [1.165, 1.54) is 57.6 Å². The zero-order chi connectivity index (χ0) is 20.9. The van der Waals surface area contributed by atoms with Gasteiger partial charge in [0.2, 0.25) is 0 Å². The van der Waals surface area contributed by atoms with Crippen molar-refractivity contribution in [1.29, 1.82) is 0 Å². The van der Waals surface area contributed by atoms with E-state index in [2.05, 4.69) is 86.3 Å². The minimum atomic E-state index is -1.38. The smallest absolute Gasteiger partial charge is 0.139 e. The van der Waals surface area contributed by atoms with Gasteiger partial charge in [-0.25, -0.2) is 0 Å². The Morgan fingerprint density at radius 3 is 1.67 bits per heavy atom. The molecule has 0 fully saturated rings. The van der Waals surface area contributed by atoms with Crippen LogP contribution in [0.1, 0.15) is 64.9 Å². The topological polar surface area (TPSA) is 0 Å². The molecule has 0 aliphatic heterocycles. The number of hydrogen-bond donors (Lipinski definition) is 0. The Labute approximate surface area is 173 Å². The Balaban J connectivity index is 0.00000119. The van der Waals surface area contributed by atoms with Crippen LogP contribution >= 0.6 is 0 Å². The summed E-state index contributed by atoms with van der Waals surface area (Å²) in [5.41, 5.74) is 1.65. The van der Waals surface area contributed by atoms with Crippen LogP contribution in [0.25, 0.3) is 0 Å². The van der Waals surface area contributed by atoms with Crippen molar-refractivity contribution in [3.63, 3.8) is 0 Å². The van der Waals surface area contributed by atoms with Crippen molar-refractivity contribution in [2.75, 3.05) is 28.2 Å². The minimum Gasteiger partial charge on any atom is -0.333 e. The van der Waals surface area contributed by atoms with Gasteiger partial charge in [0.15, 0.2) is 0 Å². The summed E-state index contributed by atoms with van der Waals surface area (Å²) in [5.74, 6) is 0. The first-order valence-corrected chi connectivity index (χ1v) is 14.5. The monoisotopic (exact) mass is 390 g/mol. The number of aryl methyl sites for hydroxylation is 1. The normalized spacial score (nSPS) is 11.7. The lowest BCUT2D eigenvalue weighted by Gasteiger charge is -2.33. The highest BCUT2D eigenvalue weighted by Gasteiger charge is 2.36. The van der Waals surface area contributed by atoms with E-state index in [9.17, 15) is 0 Å². The van der Waals surface area contributed by atoms with Gasteiger partial charge in [-0.1, -0.05) is 108 Å². The van der Waals surface area contributed by atoms with Gasteiger partial charge in [-0.15, -0.1) is 0 Å². The molecule has 1 aromatic carbocycles. The Hall–Kier alpha value is -0.538. The SMILES string of the molecule is CCCCB(CCCC)[Si](C)(C)c1ccccc1CCCC.C[N+](C)(C)C. The maximum atomic E-state index is 2.63. The van der Waals surface area contributed by atoms with E-state index in [0.29, 0.717) is 0 Å². The fourth-order valence-corrected chi connectivity index (χ4v) is 7.57. The summed E-state index contributed by atoms with van der Waals surface area (Å²) in [4.78, 5) is 0. The number of unbranched alkanes of at least 4 members (excludes halogenated alkanes) is 3. The van der Waals surface area contributed by atoms with Gasteiger partial charge in [0.05, 0.1) is 36.1 Å². The molecule has 0 aliphatic rings. The van der Waals surface area contributed by atoms with Crippen LogP contribution < -0.4 is 5.19 Å². The molecule has 1 nitrogen and oxygen atoms in total. The number of benzene rings is 1. The van der Waals surface area contributed by atoms with Crippen LogP contribution in [-0.4, -0.2) is 46.9 Å². The molecule has 0 saturated carbocycles. The molecule has 0 aliphatic carbocycles. The van der Waals surface area contributed by atoms with Crippen LogP contribution in [0.2, 0.25) is 25.7 Å². The molecule has 0 unspecified atom stereocenters. The third kappa shape index (κ3) is 11.8. The fourth-order valence-electron chi connectivity index (χ4n) is 3.72. The third-order valence-electron chi connectivity index (χ3n) is 5.34. The van der Waals surface area contributed by atoms with Crippen molar-refractivity contribution >= 4 is 19.4 Å². The van der Waals surface area contributed by atoms with E-state index in [-0.39, 0.29) is 0 Å². The van der Waals surface area contributed by atoms with Crippen molar-refractivity contribution in [3.05, 3.63) is 29.8 Å². The van der Waals surface area contributed by atoms with Gasteiger partial charge in [-0.2, -0.15) is 0 Å². The second-order valence-corrected chi connectivity index (χ2v) is 14.9. The molecule has 156 valence electrons. The van der Waals surface area contributed by atoms with Gasteiger partial charge in [0.1, 0.15) is 6.31 Å². The lowest BCUT2D eigenvalue weighted by Crippen LogP contribution is -2.56. The number of rotatable bonds is 11. The summed E-state index contributed by atoms with van der Waals surface area (Å²) in [7, 11) is 7.12. The molecule has 0 heterocycles. The highest BCUT2D eigenvalue weighted by atomic mass is 28.3. The summed E-state index contributed by atoms with van der Waals surface area (Å²) < 4.78 is 1.00. The van der Waals surface area contributed by atoms with E-state index >= 15 is 0 Å². The van der Waals surface area contributed by atoms with Gasteiger partial charge in [-0.05, 0) is 18.4 Å². The third-order valence-corrected chi connectivity index (χ3v) is 9.84. The zero-order valence-electron chi connectivity index (χ0n) is 20.2. The molecule has 1 aromatic rings. The Morgan fingerprint density at radius 1 is 0.778 bits per heavy atom. The molecule has 0 atom stereocenters. The molecule has 0 bridgehead atoms. The second kappa shape index (κ2) is 13.6. The fraction of sp³-hybridized carbons (Fsp3) is 0.750. The molecule has 0 amide bonds. The molecule has 0 radical (unpaired) electrons. The lowest BCUT2D eigenvalue weighted by atomic mass is 9.65.